The average molecular weight is 388 g/mol. The molecule has 2 fully saturated rings. The molecule has 1 saturated heterocycles. The fourth-order valence-corrected chi connectivity index (χ4v) is 3.41. The highest BCUT2D eigenvalue weighted by molar-refractivity contribution is 6.30. The summed E-state index contributed by atoms with van der Waals surface area (Å²) in [5.41, 5.74) is 5.96. The second-order valence-electron chi connectivity index (χ2n) is 6.71. The highest BCUT2D eigenvalue weighted by Crippen LogP contribution is 2.45. The number of hydrazine groups is 1. The predicted molar refractivity (Wildman–Crippen MR) is 103 cm³/mol. The van der Waals surface area contributed by atoms with E-state index in [-0.39, 0.29) is 5.91 Å². The summed E-state index contributed by atoms with van der Waals surface area (Å²) >= 11 is 5.91. The number of halogens is 1. The number of hydrogen-bond acceptors (Lipinski definition) is 6. The monoisotopic (exact) mass is 387 g/mol. The van der Waals surface area contributed by atoms with Gasteiger partial charge in [0.25, 0.3) is 5.91 Å². The van der Waals surface area contributed by atoms with Crippen LogP contribution in [0.2, 0.25) is 5.02 Å². The van der Waals surface area contributed by atoms with Gasteiger partial charge in [0.05, 0.1) is 36.3 Å². The Balaban J connectivity index is 1.66. The number of aromatic nitrogens is 2. The number of carbonyl (C=O) groups excluding carboxylic acids is 1. The minimum Gasteiger partial charge on any atom is -0.378 e. The second kappa shape index (κ2) is 7.80. The lowest BCUT2D eigenvalue weighted by atomic mass is 10.0. The summed E-state index contributed by atoms with van der Waals surface area (Å²) in [6.45, 7) is 2.47. The Bertz CT molecular complexity index is 819. The first-order valence-corrected chi connectivity index (χ1v) is 9.51. The maximum Gasteiger partial charge on any atom is 0.254 e. The van der Waals surface area contributed by atoms with Crippen molar-refractivity contribution in [3.63, 3.8) is 0 Å². The molecule has 2 heterocycles. The van der Waals surface area contributed by atoms with Crippen molar-refractivity contribution in [3.05, 3.63) is 46.7 Å². The van der Waals surface area contributed by atoms with Crippen LogP contribution in [0.4, 0.5) is 11.6 Å². The van der Waals surface area contributed by atoms with Crippen molar-refractivity contribution in [2.75, 3.05) is 38.4 Å². The number of morpholine rings is 1. The molecule has 4 rings (SSSR count). The molecule has 1 aromatic heterocycles. The van der Waals surface area contributed by atoms with Gasteiger partial charge in [0.1, 0.15) is 0 Å². The molecule has 1 aliphatic carbocycles. The fourth-order valence-electron chi connectivity index (χ4n) is 3.31. The van der Waals surface area contributed by atoms with Crippen LogP contribution in [0.5, 0.6) is 0 Å². The number of amides is 1. The fraction of sp³-hybridized carbons (Fsp3) is 0.421. The Kier molecular flexibility index (Phi) is 5.24. The molecular weight excluding hydrogens is 366 g/mol. The maximum absolute atomic E-state index is 12.9. The van der Waals surface area contributed by atoms with Crippen molar-refractivity contribution in [2.24, 2.45) is 0 Å². The predicted octanol–water partition coefficient (Wildman–Crippen LogP) is 2.75. The van der Waals surface area contributed by atoms with Crippen molar-refractivity contribution in [3.8, 4) is 0 Å². The van der Waals surface area contributed by atoms with E-state index in [9.17, 15) is 4.79 Å². The van der Waals surface area contributed by atoms with E-state index in [4.69, 9.17) is 16.3 Å². The van der Waals surface area contributed by atoms with Crippen molar-refractivity contribution < 1.29 is 9.53 Å². The van der Waals surface area contributed by atoms with Gasteiger partial charge in [0.2, 0.25) is 5.95 Å². The number of ether oxygens (including phenoxy) is 1. The number of carbonyl (C=O) groups is 1. The molecule has 0 unspecified atom stereocenters. The summed E-state index contributed by atoms with van der Waals surface area (Å²) in [5, 5.41) is 2.32. The number of benzene rings is 1. The standard InChI is InChI=1S/C19H22ClN5O2/c1-21-25(19-22-11-15(20)12-23-19)17-5-4-14(10-16(17)13-2-3-13)18(26)24-6-8-27-9-7-24/h4-5,10-13,21H,2-3,6-9H2,1H3. The molecule has 1 N–H and O–H groups in total. The van der Waals surface area contributed by atoms with Crippen molar-refractivity contribution in [1.82, 2.24) is 20.3 Å². The summed E-state index contributed by atoms with van der Waals surface area (Å²) in [5.74, 6) is 1.03. The average Bonchev–Trinajstić information content (AvgIpc) is 3.55. The zero-order valence-corrected chi connectivity index (χ0v) is 15.9. The highest BCUT2D eigenvalue weighted by Gasteiger charge is 2.30. The van der Waals surface area contributed by atoms with Crippen LogP contribution in [0.1, 0.15) is 34.7 Å². The Morgan fingerprint density at radius 1 is 1.26 bits per heavy atom. The van der Waals surface area contributed by atoms with E-state index in [2.05, 4.69) is 15.4 Å². The number of anilines is 2. The zero-order valence-electron chi connectivity index (χ0n) is 15.2. The van der Waals surface area contributed by atoms with Crippen molar-refractivity contribution in [1.29, 1.82) is 0 Å². The van der Waals surface area contributed by atoms with Crippen molar-refractivity contribution >= 4 is 29.1 Å². The lowest BCUT2D eigenvalue weighted by Gasteiger charge is -2.28. The third kappa shape index (κ3) is 3.90. The number of hydrogen-bond donors (Lipinski definition) is 1. The quantitative estimate of drug-likeness (QED) is 0.795. The molecule has 0 spiro atoms. The van der Waals surface area contributed by atoms with Crippen molar-refractivity contribution in [2.45, 2.75) is 18.8 Å². The smallest absolute Gasteiger partial charge is 0.254 e. The van der Waals surface area contributed by atoms with E-state index >= 15 is 0 Å². The molecular formula is C19H22ClN5O2. The molecule has 1 amide bonds. The Morgan fingerprint density at radius 3 is 2.59 bits per heavy atom. The summed E-state index contributed by atoms with van der Waals surface area (Å²) in [7, 11) is 1.82. The first kappa shape index (κ1) is 18.2. The summed E-state index contributed by atoms with van der Waals surface area (Å²) < 4.78 is 5.35. The van der Waals surface area contributed by atoms with Gasteiger partial charge in [-0.15, -0.1) is 0 Å². The Labute approximate surface area is 163 Å². The van der Waals surface area contributed by atoms with Gasteiger partial charge in [-0.1, -0.05) is 11.6 Å². The van der Waals surface area contributed by atoms with Gasteiger partial charge in [-0.2, -0.15) is 0 Å². The van der Waals surface area contributed by atoms with Gasteiger partial charge in [0.15, 0.2) is 0 Å². The van der Waals surface area contributed by atoms with E-state index in [0.717, 1.165) is 29.7 Å². The molecule has 2 aromatic rings. The molecule has 142 valence electrons. The summed E-state index contributed by atoms with van der Waals surface area (Å²) in [6, 6.07) is 5.86. The number of rotatable bonds is 5. The van der Waals surface area contributed by atoms with Crippen LogP contribution >= 0.6 is 11.6 Å². The van der Waals surface area contributed by atoms with Crippen LogP contribution in [0.25, 0.3) is 0 Å². The van der Waals surface area contributed by atoms with Gasteiger partial charge in [-0.25, -0.2) is 20.4 Å². The summed E-state index contributed by atoms with van der Waals surface area (Å²) in [6.07, 6.45) is 5.39. The van der Waals surface area contributed by atoms with Gasteiger partial charge >= 0.3 is 0 Å². The van der Waals surface area contributed by atoms with E-state index in [1.807, 2.05) is 35.2 Å². The van der Waals surface area contributed by atoms with Gasteiger partial charge in [-0.3, -0.25) is 4.79 Å². The van der Waals surface area contributed by atoms with E-state index in [0.29, 0.717) is 43.2 Å². The Morgan fingerprint density at radius 2 is 1.96 bits per heavy atom. The van der Waals surface area contributed by atoms with Gasteiger partial charge in [0, 0.05) is 25.7 Å². The molecule has 1 saturated carbocycles. The minimum absolute atomic E-state index is 0.0606. The zero-order chi connectivity index (χ0) is 18.8. The van der Waals surface area contributed by atoms with Crippen LogP contribution in [-0.4, -0.2) is 54.1 Å². The van der Waals surface area contributed by atoms with Gasteiger partial charge in [-0.05, 0) is 42.5 Å². The van der Waals surface area contributed by atoms with E-state index in [1.54, 1.807) is 12.4 Å². The Hall–Kier alpha value is -2.22. The van der Waals surface area contributed by atoms with E-state index in [1.165, 1.54) is 0 Å². The van der Waals surface area contributed by atoms with Crippen LogP contribution in [-0.2, 0) is 4.74 Å². The molecule has 27 heavy (non-hydrogen) atoms. The molecule has 0 radical (unpaired) electrons. The molecule has 2 aliphatic rings. The topological polar surface area (TPSA) is 70.6 Å². The molecule has 1 aromatic carbocycles. The second-order valence-corrected chi connectivity index (χ2v) is 7.15. The van der Waals surface area contributed by atoms with Crippen LogP contribution < -0.4 is 10.4 Å². The largest absolute Gasteiger partial charge is 0.378 e. The van der Waals surface area contributed by atoms with E-state index < -0.39 is 0 Å². The first-order chi connectivity index (χ1) is 13.2. The van der Waals surface area contributed by atoms with Gasteiger partial charge < -0.3 is 9.64 Å². The highest BCUT2D eigenvalue weighted by atomic mass is 35.5. The normalized spacial score (nSPS) is 17.0. The SMILES string of the molecule is CNN(c1ncc(Cl)cn1)c1ccc(C(=O)N2CCOCC2)cc1C1CC1. The number of nitrogens with zero attached hydrogens (tertiary/aromatic N) is 4. The molecule has 7 nitrogen and oxygen atoms in total. The number of nitrogens with one attached hydrogen (secondary N) is 1. The van der Waals surface area contributed by atoms with Crippen LogP contribution in [0.3, 0.4) is 0 Å². The third-order valence-electron chi connectivity index (χ3n) is 4.86. The first-order valence-electron chi connectivity index (χ1n) is 9.13. The maximum atomic E-state index is 12.9. The molecule has 1 aliphatic heterocycles. The lowest BCUT2D eigenvalue weighted by molar-refractivity contribution is 0.0303. The lowest BCUT2D eigenvalue weighted by Crippen LogP contribution is -2.40. The molecule has 8 heteroatoms. The van der Waals surface area contributed by atoms with Crippen LogP contribution in [0.15, 0.2) is 30.6 Å². The molecule has 0 atom stereocenters. The molecule has 0 bridgehead atoms. The van der Waals surface area contributed by atoms with Crippen LogP contribution in [0, 0.1) is 0 Å². The minimum atomic E-state index is 0.0606. The summed E-state index contributed by atoms with van der Waals surface area (Å²) in [4.78, 5) is 23.3. The third-order valence-corrected chi connectivity index (χ3v) is 5.06.